The molecule has 1 amide bonds. The van der Waals surface area contributed by atoms with E-state index < -0.39 is 0 Å². The molecule has 1 heterocycles. The van der Waals surface area contributed by atoms with Crippen molar-refractivity contribution >= 4 is 17.3 Å². The average Bonchev–Trinajstić information content (AvgIpc) is 2.45. The van der Waals surface area contributed by atoms with E-state index in [9.17, 15) is 4.79 Å². The van der Waals surface area contributed by atoms with Gasteiger partial charge in [0.1, 0.15) is 0 Å². The molecule has 1 aromatic carbocycles. The van der Waals surface area contributed by atoms with Crippen LogP contribution in [-0.4, -0.2) is 43.0 Å². The van der Waals surface area contributed by atoms with Gasteiger partial charge < -0.3 is 21.3 Å². The number of nitrogen functional groups attached to an aromatic ring is 1. The molecule has 116 valence electrons. The van der Waals surface area contributed by atoms with Gasteiger partial charge in [0.15, 0.2) is 0 Å². The number of hydrogen-bond donors (Lipinski definition) is 3. The fraction of sp³-hybridized carbons (Fsp3) is 0.562. The van der Waals surface area contributed by atoms with E-state index in [1.807, 2.05) is 13.0 Å². The van der Waals surface area contributed by atoms with Crippen molar-refractivity contribution in [1.29, 1.82) is 0 Å². The minimum Gasteiger partial charge on any atom is -0.397 e. The maximum atomic E-state index is 11.9. The summed E-state index contributed by atoms with van der Waals surface area (Å²) in [6.45, 7) is 5.85. The number of benzene rings is 1. The monoisotopic (exact) mass is 290 g/mol. The Hall–Kier alpha value is -1.75. The highest BCUT2D eigenvalue weighted by molar-refractivity contribution is 5.96. The number of carbonyl (C=O) groups is 1. The van der Waals surface area contributed by atoms with Gasteiger partial charge in [-0.25, -0.2) is 0 Å². The SMILES string of the molecule is CCNC(=O)c1ccc(N)c(NC2CCN(C)C(C)C2)c1. The zero-order chi connectivity index (χ0) is 15.4. The molecule has 2 rings (SSSR count). The molecule has 2 unspecified atom stereocenters. The summed E-state index contributed by atoms with van der Waals surface area (Å²) >= 11 is 0. The molecule has 5 nitrogen and oxygen atoms in total. The summed E-state index contributed by atoms with van der Waals surface area (Å²) in [7, 11) is 2.16. The molecule has 2 atom stereocenters. The summed E-state index contributed by atoms with van der Waals surface area (Å²) in [5.41, 5.74) is 8.24. The minimum absolute atomic E-state index is 0.0581. The molecule has 0 aromatic heterocycles. The average molecular weight is 290 g/mol. The smallest absolute Gasteiger partial charge is 0.251 e. The van der Waals surface area contributed by atoms with Gasteiger partial charge >= 0.3 is 0 Å². The van der Waals surface area contributed by atoms with Crippen molar-refractivity contribution in [3.05, 3.63) is 23.8 Å². The van der Waals surface area contributed by atoms with Crippen LogP contribution in [0.25, 0.3) is 0 Å². The summed E-state index contributed by atoms with van der Waals surface area (Å²) in [5.74, 6) is -0.0581. The summed E-state index contributed by atoms with van der Waals surface area (Å²) < 4.78 is 0. The second-order valence-corrected chi connectivity index (χ2v) is 5.86. The van der Waals surface area contributed by atoms with Gasteiger partial charge in [-0.2, -0.15) is 0 Å². The number of nitrogens with two attached hydrogens (primary N) is 1. The summed E-state index contributed by atoms with van der Waals surface area (Å²) in [5, 5.41) is 6.32. The highest BCUT2D eigenvalue weighted by Gasteiger charge is 2.23. The summed E-state index contributed by atoms with van der Waals surface area (Å²) in [4.78, 5) is 14.3. The number of amides is 1. The number of likely N-dealkylation sites (tertiary alicyclic amines) is 1. The summed E-state index contributed by atoms with van der Waals surface area (Å²) in [6, 6.07) is 6.38. The van der Waals surface area contributed by atoms with Gasteiger partial charge in [0, 0.05) is 30.7 Å². The van der Waals surface area contributed by atoms with Crippen molar-refractivity contribution in [3.63, 3.8) is 0 Å². The quantitative estimate of drug-likeness (QED) is 0.741. The zero-order valence-corrected chi connectivity index (χ0v) is 13.1. The molecule has 0 bridgehead atoms. The van der Waals surface area contributed by atoms with Gasteiger partial charge in [0.2, 0.25) is 0 Å². The van der Waals surface area contributed by atoms with Crippen LogP contribution in [0.2, 0.25) is 0 Å². The van der Waals surface area contributed by atoms with Gasteiger partial charge in [-0.1, -0.05) is 0 Å². The Kier molecular flexibility index (Phi) is 5.07. The molecular formula is C16H26N4O. The van der Waals surface area contributed by atoms with Crippen LogP contribution in [0.15, 0.2) is 18.2 Å². The predicted octanol–water partition coefficient (Wildman–Crippen LogP) is 1.91. The number of nitrogens with one attached hydrogen (secondary N) is 2. The molecule has 1 fully saturated rings. The number of nitrogens with zero attached hydrogens (tertiary/aromatic N) is 1. The number of rotatable bonds is 4. The Morgan fingerprint density at radius 1 is 1.48 bits per heavy atom. The van der Waals surface area contributed by atoms with Gasteiger partial charge in [-0.15, -0.1) is 0 Å². The van der Waals surface area contributed by atoms with Crippen molar-refractivity contribution < 1.29 is 4.79 Å². The standard InChI is InChI=1S/C16H26N4O/c1-4-18-16(21)12-5-6-14(17)15(10-12)19-13-7-8-20(3)11(2)9-13/h5-6,10-11,13,19H,4,7-9,17H2,1-3H3,(H,18,21). The van der Waals surface area contributed by atoms with Gasteiger partial charge in [-0.3, -0.25) is 4.79 Å². The first kappa shape index (κ1) is 15.6. The molecule has 0 spiro atoms. The van der Waals surface area contributed by atoms with Crippen LogP contribution in [0.3, 0.4) is 0 Å². The predicted molar refractivity (Wildman–Crippen MR) is 87.6 cm³/mol. The van der Waals surface area contributed by atoms with Crippen molar-refractivity contribution in [2.75, 3.05) is 31.2 Å². The maximum absolute atomic E-state index is 11.9. The second-order valence-electron chi connectivity index (χ2n) is 5.86. The van der Waals surface area contributed by atoms with E-state index in [0.717, 1.165) is 25.1 Å². The fourth-order valence-corrected chi connectivity index (χ4v) is 2.73. The normalized spacial score (nSPS) is 22.8. The van der Waals surface area contributed by atoms with Gasteiger partial charge in [-0.05, 0) is 51.9 Å². The Morgan fingerprint density at radius 2 is 2.24 bits per heavy atom. The highest BCUT2D eigenvalue weighted by atomic mass is 16.1. The number of hydrogen-bond acceptors (Lipinski definition) is 4. The first-order chi connectivity index (χ1) is 10.0. The van der Waals surface area contributed by atoms with Crippen LogP contribution in [0.5, 0.6) is 0 Å². The molecule has 1 aromatic rings. The topological polar surface area (TPSA) is 70.4 Å². The molecule has 1 aliphatic heterocycles. The largest absolute Gasteiger partial charge is 0.397 e. The molecule has 0 radical (unpaired) electrons. The van der Waals surface area contributed by atoms with E-state index in [1.165, 1.54) is 0 Å². The molecule has 21 heavy (non-hydrogen) atoms. The highest BCUT2D eigenvalue weighted by Crippen LogP contribution is 2.25. The molecule has 0 aliphatic carbocycles. The van der Waals surface area contributed by atoms with E-state index in [2.05, 4.69) is 29.5 Å². The Morgan fingerprint density at radius 3 is 2.90 bits per heavy atom. The van der Waals surface area contributed by atoms with Crippen molar-refractivity contribution in [1.82, 2.24) is 10.2 Å². The lowest BCUT2D eigenvalue weighted by atomic mass is 9.98. The minimum atomic E-state index is -0.0581. The van der Waals surface area contributed by atoms with Crippen molar-refractivity contribution in [2.24, 2.45) is 0 Å². The molecule has 4 N–H and O–H groups in total. The Balaban J connectivity index is 2.09. The maximum Gasteiger partial charge on any atom is 0.251 e. The molecule has 1 aliphatic rings. The third-order valence-corrected chi connectivity index (χ3v) is 4.22. The second kappa shape index (κ2) is 6.80. The molecular weight excluding hydrogens is 264 g/mol. The van der Waals surface area contributed by atoms with Crippen LogP contribution in [-0.2, 0) is 0 Å². The van der Waals surface area contributed by atoms with Crippen molar-refractivity contribution in [2.45, 2.75) is 38.8 Å². The Labute approximate surface area is 126 Å². The third-order valence-electron chi connectivity index (χ3n) is 4.22. The van der Waals surface area contributed by atoms with Gasteiger partial charge in [0.25, 0.3) is 5.91 Å². The molecule has 5 heteroatoms. The lowest BCUT2D eigenvalue weighted by Gasteiger charge is -2.36. The van der Waals surface area contributed by atoms with Crippen LogP contribution < -0.4 is 16.4 Å². The van der Waals surface area contributed by atoms with Crippen molar-refractivity contribution in [3.8, 4) is 0 Å². The van der Waals surface area contributed by atoms with E-state index in [4.69, 9.17) is 5.73 Å². The number of carbonyl (C=O) groups excluding carboxylic acids is 1. The lowest BCUT2D eigenvalue weighted by molar-refractivity contribution is 0.0956. The number of piperidine rings is 1. The van der Waals surface area contributed by atoms with Crippen LogP contribution in [0.4, 0.5) is 11.4 Å². The van der Waals surface area contributed by atoms with E-state index in [1.54, 1.807) is 12.1 Å². The van der Waals surface area contributed by atoms with E-state index in [0.29, 0.717) is 29.9 Å². The Bertz CT molecular complexity index is 503. The molecule has 1 saturated heterocycles. The van der Waals surface area contributed by atoms with E-state index in [-0.39, 0.29) is 5.91 Å². The number of anilines is 2. The molecule has 0 saturated carbocycles. The fourth-order valence-electron chi connectivity index (χ4n) is 2.73. The van der Waals surface area contributed by atoms with Crippen LogP contribution >= 0.6 is 0 Å². The first-order valence-electron chi connectivity index (χ1n) is 7.65. The van der Waals surface area contributed by atoms with Crippen LogP contribution in [0, 0.1) is 0 Å². The first-order valence-corrected chi connectivity index (χ1v) is 7.65. The zero-order valence-electron chi connectivity index (χ0n) is 13.1. The van der Waals surface area contributed by atoms with Gasteiger partial charge in [0.05, 0.1) is 11.4 Å². The van der Waals surface area contributed by atoms with E-state index >= 15 is 0 Å². The lowest BCUT2D eigenvalue weighted by Crippen LogP contribution is -2.42. The summed E-state index contributed by atoms with van der Waals surface area (Å²) in [6.07, 6.45) is 2.17. The third kappa shape index (κ3) is 3.88. The van der Waals surface area contributed by atoms with Crippen LogP contribution in [0.1, 0.15) is 37.0 Å².